The maximum Gasteiger partial charge on any atom is 0.257 e. The van der Waals surface area contributed by atoms with Crippen LogP contribution in [0.1, 0.15) is 21.7 Å². The molecule has 0 aliphatic rings. The van der Waals surface area contributed by atoms with Crippen LogP contribution in [0.3, 0.4) is 0 Å². The second-order valence-electron chi connectivity index (χ2n) is 5.18. The van der Waals surface area contributed by atoms with E-state index in [2.05, 4.69) is 15.3 Å². The zero-order valence-electron chi connectivity index (χ0n) is 12.8. The first-order chi connectivity index (χ1) is 11.1. The predicted octanol–water partition coefficient (Wildman–Crippen LogP) is 3.92. The Labute approximate surface area is 138 Å². The van der Waals surface area contributed by atoms with Gasteiger partial charge in [0.15, 0.2) is 0 Å². The molecule has 2 N–H and O–H groups in total. The maximum atomic E-state index is 12.6. The van der Waals surface area contributed by atoms with Crippen molar-refractivity contribution in [2.75, 3.05) is 12.4 Å². The Hall–Kier alpha value is -2.37. The molecule has 1 heterocycles. The summed E-state index contributed by atoms with van der Waals surface area (Å²) < 4.78 is 5.07. The molecule has 0 radical (unpaired) electrons. The van der Waals surface area contributed by atoms with Crippen LogP contribution in [0.15, 0.2) is 36.4 Å². The molecule has 0 spiro atoms. The molecule has 0 unspecified atom stereocenters. The molecule has 0 saturated carbocycles. The summed E-state index contributed by atoms with van der Waals surface area (Å²) in [6.07, 6.45) is 0. The van der Waals surface area contributed by atoms with Crippen LogP contribution >= 0.6 is 11.6 Å². The highest BCUT2D eigenvalue weighted by molar-refractivity contribution is 6.31. The predicted molar refractivity (Wildman–Crippen MR) is 90.9 cm³/mol. The largest absolute Gasteiger partial charge is 0.377 e. The Morgan fingerprint density at radius 1 is 1.30 bits per heavy atom. The van der Waals surface area contributed by atoms with Crippen molar-refractivity contribution in [2.45, 2.75) is 13.5 Å². The highest BCUT2D eigenvalue weighted by Gasteiger charge is 2.15. The van der Waals surface area contributed by atoms with Gasteiger partial charge in [0.1, 0.15) is 17.9 Å². The summed E-state index contributed by atoms with van der Waals surface area (Å²) in [5, 5.41) is 3.51. The zero-order valence-corrected chi connectivity index (χ0v) is 13.6. The summed E-state index contributed by atoms with van der Waals surface area (Å²) in [6.45, 7) is 2.23. The Bertz CT molecular complexity index is 873. The van der Waals surface area contributed by atoms with Gasteiger partial charge in [-0.15, -0.1) is 0 Å². The molecule has 0 saturated heterocycles. The molecule has 0 bridgehead atoms. The summed E-state index contributed by atoms with van der Waals surface area (Å²) >= 11 is 6.09. The number of nitrogens with zero attached hydrogens (tertiary/aromatic N) is 1. The maximum absolute atomic E-state index is 12.6. The molecule has 3 aromatic rings. The average molecular weight is 330 g/mol. The lowest BCUT2D eigenvalue weighted by Gasteiger charge is -2.09. The number of hydrogen-bond donors (Lipinski definition) is 2. The zero-order chi connectivity index (χ0) is 16.4. The summed E-state index contributed by atoms with van der Waals surface area (Å²) in [4.78, 5) is 20.2. The van der Waals surface area contributed by atoms with E-state index < -0.39 is 0 Å². The molecular weight excluding hydrogens is 314 g/mol. The number of hydrogen-bond acceptors (Lipinski definition) is 3. The van der Waals surface area contributed by atoms with Crippen LogP contribution in [0.5, 0.6) is 0 Å². The van der Waals surface area contributed by atoms with Gasteiger partial charge in [-0.3, -0.25) is 4.79 Å². The third-order valence-electron chi connectivity index (χ3n) is 3.60. The number of anilines is 1. The molecule has 118 valence electrons. The molecule has 1 amide bonds. The quantitative estimate of drug-likeness (QED) is 0.762. The average Bonchev–Trinajstić information content (AvgIpc) is 2.94. The molecule has 5 nitrogen and oxygen atoms in total. The minimum absolute atomic E-state index is 0.226. The highest BCUT2D eigenvalue weighted by atomic mass is 35.5. The van der Waals surface area contributed by atoms with Crippen LogP contribution in [-0.4, -0.2) is 23.0 Å². The molecule has 0 fully saturated rings. The Kier molecular flexibility index (Phi) is 4.32. The molecular formula is C17H16ClN3O2. The van der Waals surface area contributed by atoms with Crippen LogP contribution in [-0.2, 0) is 11.3 Å². The molecule has 0 atom stereocenters. The number of fused-ring (bicyclic) bond motifs is 1. The minimum atomic E-state index is -0.226. The lowest BCUT2D eigenvalue weighted by molar-refractivity contribution is 0.102. The van der Waals surface area contributed by atoms with E-state index in [-0.39, 0.29) is 5.91 Å². The smallest absolute Gasteiger partial charge is 0.257 e. The topological polar surface area (TPSA) is 67.0 Å². The van der Waals surface area contributed by atoms with Gasteiger partial charge >= 0.3 is 0 Å². The number of rotatable bonds is 4. The number of methoxy groups -OCH3 is 1. The van der Waals surface area contributed by atoms with Crippen molar-refractivity contribution in [2.24, 2.45) is 0 Å². The minimum Gasteiger partial charge on any atom is -0.377 e. The Balaban J connectivity index is 1.96. The van der Waals surface area contributed by atoms with Gasteiger partial charge in [0.25, 0.3) is 5.91 Å². The van der Waals surface area contributed by atoms with E-state index in [1.165, 1.54) is 0 Å². The number of H-pyrrole nitrogens is 1. The molecule has 0 aliphatic heterocycles. The monoisotopic (exact) mass is 329 g/mol. The van der Waals surface area contributed by atoms with Crippen LogP contribution < -0.4 is 5.32 Å². The number of amides is 1. The molecule has 23 heavy (non-hydrogen) atoms. The number of aromatic amines is 1. The second-order valence-corrected chi connectivity index (χ2v) is 5.59. The van der Waals surface area contributed by atoms with E-state index in [0.29, 0.717) is 34.2 Å². The molecule has 2 aromatic carbocycles. The number of aromatic nitrogens is 2. The Morgan fingerprint density at radius 3 is 2.87 bits per heavy atom. The van der Waals surface area contributed by atoms with Gasteiger partial charge in [-0.1, -0.05) is 23.7 Å². The molecule has 6 heteroatoms. The van der Waals surface area contributed by atoms with E-state index in [9.17, 15) is 4.79 Å². The standard InChI is InChI=1S/C17H16ClN3O2/c1-10-12(18)6-4-7-13(10)20-17(22)11-5-3-8-14-16(11)21-15(19-14)9-23-2/h3-8H,9H2,1-2H3,(H,19,21)(H,20,22). The number of imidazole rings is 1. The number of carbonyl (C=O) groups is 1. The summed E-state index contributed by atoms with van der Waals surface area (Å²) in [5.41, 5.74) is 3.44. The van der Waals surface area contributed by atoms with Gasteiger partial charge in [0.05, 0.1) is 11.1 Å². The van der Waals surface area contributed by atoms with Crippen LogP contribution in [0.4, 0.5) is 5.69 Å². The van der Waals surface area contributed by atoms with Crippen molar-refractivity contribution in [1.29, 1.82) is 0 Å². The van der Waals surface area contributed by atoms with E-state index in [4.69, 9.17) is 16.3 Å². The summed E-state index contributed by atoms with van der Waals surface area (Å²) in [6, 6.07) is 10.9. The first-order valence-corrected chi connectivity index (χ1v) is 7.51. The van der Waals surface area contributed by atoms with Gasteiger partial charge < -0.3 is 15.0 Å². The fraction of sp³-hybridized carbons (Fsp3) is 0.176. The van der Waals surface area contributed by atoms with Crippen molar-refractivity contribution in [3.8, 4) is 0 Å². The first-order valence-electron chi connectivity index (χ1n) is 7.13. The Morgan fingerprint density at radius 2 is 2.09 bits per heavy atom. The lowest BCUT2D eigenvalue weighted by atomic mass is 10.1. The summed E-state index contributed by atoms with van der Waals surface area (Å²) in [5.74, 6) is 0.457. The SMILES string of the molecule is COCc1nc2c(C(=O)Nc3cccc(Cl)c3C)cccc2[nH]1. The van der Waals surface area contributed by atoms with E-state index >= 15 is 0 Å². The number of benzene rings is 2. The van der Waals surface area contributed by atoms with Crippen LogP contribution in [0.2, 0.25) is 5.02 Å². The number of para-hydroxylation sites is 1. The van der Waals surface area contributed by atoms with Crippen molar-refractivity contribution in [1.82, 2.24) is 9.97 Å². The molecule has 3 rings (SSSR count). The van der Waals surface area contributed by atoms with Gasteiger partial charge in [0, 0.05) is 17.8 Å². The molecule has 1 aromatic heterocycles. The fourth-order valence-corrected chi connectivity index (χ4v) is 2.58. The fourth-order valence-electron chi connectivity index (χ4n) is 2.40. The number of halogens is 1. The van der Waals surface area contributed by atoms with E-state index in [1.807, 2.05) is 25.1 Å². The van der Waals surface area contributed by atoms with Gasteiger partial charge in [0.2, 0.25) is 0 Å². The number of nitrogens with one attached hydrogen (secondary N) is 2. The van der Waals surface area contributed by atoms with Crippen molar-refractivity contribution in [3.05, 3.63) is 58.4 Å². The third kappa shape index (κ3) is 3.06. The lowest BCUT2D eigenvalue weighted by Crippen LogP contribution is -2.13. The number of ether oxygens (including phenoxy) is 1. The first kappa shape index (κ1) is 15.5. The van der Waals surface area contributed by atoms with Crippen LogP contribution in [0, 0.1) is 6.92 Å². The van der Waals surface area contributed by atoms with Crippen molar-refractivity contribution >= 4 is 34.2 Å². The highest BCUT2D eigenvalue weighted by Crippen LogP contribution is 2.24. The van der Waals surface area contributed by atoms with Crippen LogP contribution in [0.25, 0.3) is 11.0 Å². The second kappa shape index (κ2) is 6.40. The van der Waals surface area contributed by atoms with E-state index in [1.54, 1.807) is 25.3 Å². The summed E-state index contributed by atoms with van der Waals surface area (Å²) in [7, 11) is 1.60. The number of carbonyl (C=O) groups excluding carboxylic acids is 1. The normalized spacial score (nSPS) is 10.9. The third-order valence-corrected chi connectivity index (χ3v) is 4.01. The van der Waals surface area contributed by atoms with Gasteiger partial charge in [-0.2, -0.15) is 0 Å². The van der Waals surface area contributed by atoms with Gasteiger partial charge in [-0.05, 0) is 36.8 Å². The van der Waals surface area contributed by atoms with Gasteiger partial charge in [-0.25, -0.2) is 4.98 Å². The van der Waals surface area contributed by atoms with Crippen molar-refractivity contribution < 1.29 is 9.53 Å². The molecule has 0 aliphatic carbocycles. The van der Waals surface area contributed by atoms with E-state index in [0.717, 1.165) is 11.1 Å². The van der Waals surface area contributed by atoms with Crippen molar-refractivity contribution in [3.63, 3.8) is 0 Å².